The first-order chi connectivity index (χ1) is 11.3. The first-order valence-corrected chi connectivity index (χ1v) is 9.45. The minimum Gasteiger partial charge on any atom is -0.360 e. The van der Waals surface area contributed by atoms with Crippen LogP contribution in [-0.4, -0.2) is 32.3 Å². The Morgan fingerprint density at radius 2 is 2.04 bits per heavy atom. The van der Waals surface area contributed by atoms with Crippen molar-refractivity contribution >= 4 is 27.4 Å². The molecule has 0 aliphatic rings. The van der Waals surface area contributed by atoms with E-state index >= 15 is 0 Å². The van der Waals surface area contributed by atoms with Gasteiger partial charge in [0.2, 0.25) is 15.9 Å². The van der Waals surface area contributed by atoms with E-state index < -0.39 is 10.0 Å². The number of hydrogen-bond donors (Lipinski definition) is 1. The molecule has 1 N–H and O–H groups in total. The molecule has 0 atom stereocenters. The van der Waals surface area contributed by atoms with Crippen molar-refractivity contribution in [3.63, 3.8) is 0 Å². The maximum absolute atomic E-state index is 12.2. The number of sulfonamides is 1. The highest BCUT2D eigenvalue weighted by Crippen LogP contribution is 2.18. The lowest BCUT2D eigenvalue weighted by atomic mass is 10.1. The van der Waals surface area contributed by atoms with Crippen LogP contribution in [0, 0.1) is 6.92 Å². The van der Waals surface area contributed by atoms with Gasteiger partial charge in [-0.15, -0.1) is 0 Å². The number of carbonyl (C=O) groups excluding carboxylic acids is 1. The van der Waals surface area contributed by atoms with Crippen LogP contribution < -0.4 is 9.62 Å². The number of amides is 1. The quantitative estimate of drug-likeness (QED) is 0.826. The van der Waals surface area contributed by atoms with Crippen molar-refractivity contribution in [1.29, 1.82) is 0 Å². The molecular weight excluding hydrogens is 330 g/mol. The van der Waals surface area contributed by atoms with E-state index in [1.807, 2.05) is 31.2 Å². The maximum atomic E-state index is 12.2. The lowest BCUT2D eigenvalue weighted by Gasteiger charge is -2.19. The smallest absolute Gasteiger partial charge is 0.233 e. The van der Waals surface area contributed by atoms with Gasteiger partial charge in [0.25, 0.3) is 0 Å². The van der Waals surface area contributed by atoms with Gasteiger partial charge in [-0.05, 0) is 25.0 Å². The predicted octanol–water partition coefficient (Wildman–Crippen LogP) is 2.34. The van der Waals surface area contributed by atoms with Crippen LogP contribution in [0.25, 0.3) is 0 Å². The monoisotopic (exact) mass is 351 g/mol. The minimum atomic E-state index is -3.56. The van der Waals surface area contributed by atoms with E-state index in [4.69, 9.17) is 4.52 Å². The molecule has 2 aromatic rings. The topological polar surface area (TPSA) is 92.5 Å². The largest absolute Gasteiger partial charge is 0.360 e. The number of hydrogen-bond acceptors (Lipinski definition) is 5. The average Bonchev–Trinajstić information content (AvgIpc) is 2.92. The molecule has 1 amide bonds. The second kappa shape index (κ2) is 7.48. The Kier molecular flexibility index (Phi) is 5.61. The van der Waals surface area contributed by atoms with Crippen LogP contribution in [0.15, 0.2) is 34.9 Å². The predicted molar refractivity (Wildman–Crippen MR) is 92.5 cm³/mol. The van der Waals surface area contributed by atoms with Gasteiger partial charge < -0.3 is 9.84 Å². The lowest BCUT2D eigenvalue weighted by molar-refractivity contribution is -0.116. The summed E-state index contributed by atoms with van der Waals surface area (Å²) in [4.78, 5) is 12.2. The maximum Gasteiger partial charge on any atom is 0.233 e. The zero-order chi connectivity index (χ0) is 17.7. The molecule has 0 fully saturated rings. The van der Waals surface area contributed by atoms with E-state index in [0.29, 0.717) is 5.76 Å². The van der Waals surface area contributed by atoms with E-state index in [0.717, 1.165) is 28.2 Å². The molecule has 0 bridgehead atoms. The second-order valence-electron chi connectivity index (χ2n) is 5.44. The minimum absolute atomic E-state index is 0.00900. The highest BCUT2D eigenvalue weighted by Gasteiger charge is 2.21. The van der Waals surface area contributed by atoms with E-state index in [2.05, 4.69) is 10.5 Å². The molecule has 24 heavy (non-hydrogen) atoms. The van der Waals surface area contributed by atoms with Gasteiger partial charge in [-0.25, -0.2) is 8.42 Å². The summed E-state index contributed by atoms with van der Waals surface area (Å²) in [5.41, 5.74) is 1.77. The van der Waals surface area contributed by atoms with Crippen LogP contribution in [0.5, 0.6) is 0 Å². The summed E-state index contributed by atoms with van der Waals surface area (Å²) in [5, 5.41) is 6.53. The normalized spacial score (nSPS) is 11.3. The van der Waals surface area contributed by atoms with Crippen LogP contribution in [0.1, 0.15) is 24.7 Å². The molecule has 0 aliphatic carbocycles. The number of anilines is 2. The fraction of sp³-hybridized carbons (Fsp3) is 0.375. The Balaban J connectivity index is 2.05. The van der Waals surface area contributed by atoms with Crippen molar-refractivity contribution in [2.24, 2.45) is 0 Å². The molecule has 0 aliphatic heterocycles. The fourth-order valence-electron chi connectivity index (χ4n) is 2.29. The molecule has 1 aromatic carbocycles. The van der Waals surface area contributed by atoms with Crippen molar-refractivity contribution in [3.8, 4) is 0 Å². The standard InChI is InChI=1S/C16H21N3O4S/c1-4-13-7-5-6-8-14(13)17-16(20)9-10-19(24(3,21)22)15-11-12(2)23-18-15/h5-8,11H,4,9-10H2,1-3H3,(H,17,20). The summed E-state index contributed by atoms with van der Waals surface area (Å²) in [5.74, 6) is 0.418. The number of carbonyl (C=O) groups is 1. The molecule has 0 spiro atoms. The number of para-hydroxylation sites is 1. The summed E-state index contributed by atoms with van der Waals surface area (Å²) < 4.78 is 29.8. The molecule has 7 nitrogen and oxygen atoms in total. The van der Waals surface area contributed by atoms with Crippen molar-refractivity contribution < 1.29 is 17.7 Å². The molecule has 0 unspecified atom stereocenters. The Bertz CT molecular complexity index is 814. The van der Waals surface area contributed by atoms with Crippen LogP contribution in [-0.2, 0) is 21.2 Å². The molecular formula is C16H21N3O4S. The van der Waals surface area contributed by atoms with E-state index in [1.165, 1.54) is 6.07 Å². The van der Waals surface area contributed by atoms with Gasteiger partial charge in [-0.3, -0.25) is 9.10 Å². The Hall–Kier alpha value is -2.35. The van der Waals surface area contributed by atoms with Crippen molar-refractivity contribution in [2.45, 2.75) is 26.7 Å². The fourth-order valence-corrected chi connectivity index (χ4v) is 3.14. The summed E-state index contributed by atoms with van der Waals surface area (Å²) in [6, 6.07) is 9.04. The zero-order valence-electron chi connectivity index (χ0n) is 13.9. The lowest BCUT2D eigenvalue weighted by Crippen LogP contribution is -2.33. The van der Waals surface area contributed by atoms with Crippen molar-refractivity contribution in [3.05, 3.63) is 41.7 Å². The molecule has 0 saturated carbocycles. The molecule has 130 valence electrons. The molecule has 2 rings (SSSR count). The van der Waals surface area contributed by atoms with Gasteiger partial charge in [0.15, 0.2) is 5.82 Å². The van der Waals surface area contributed by atoms with Gasteiger partial charge in [0, 0.05) is 24.7 Å². The summed E-state index contributed by atoms with van der Waals surface area (Å²) in [6.45, 7) is 3.67. The number of aryl methyl sites for hydroxylation is 2. The molecule has 0 saturated heterocycles. The second-order valence-corrected chi connectivity index (χ2v) is 7.35. The van der Waals surface area contributed by atoms with E-state index in [9.17, 15) is 13.2 Å². The third-order valence-corrected chi connectivity index (χ3v) is 4.66. The average molecular weight is 351 g/mol. The SMILES string of the molecule is CCc1ccccc1NC(=O)CCN(c1cc(C)on1)S(C)(=O)=O. The van der Waals surface area contributed by atoms with E-state index in [-0.39, 0.29) is 24.7 Å². The Labute approximate surface area is 141 Å². The van der Waals surface area contributed by atoms with Crippen molar-refractivity contribution in [2.75, 3.05) is 22.4 Å². The van der Waals surface area contributed by atoms with Crippen molar-refractivity contribution in [1.82, 2.24) is 5.16 Å². The number of aromatic nitrogens is 1. The molecule has 1 heterocycles. The summed E-state index contributed by atoms with van der Waals surface area (Å²) in [6.07, 6.45) is 1.88. The third kappa shape index (κ3) is 4.58. The van der Waals surface area contributed by atoms with Crippen LogP contribution in [0.3, 0.4) is 0 Å². The number of benzene rings is 1. The molecule has 8 heteroatoms. The number of nitrogens with zero attached hydrogens (tertiary/aromatic N) is 2. The number of rotatable bonds is 7. The Morgan fingerprint density at radius 1 is 1.33 bits per heavy atom. The zero-order valence-corrected chi connectivity index (χ0v) is 14.8. The van der Waals surface area contributed by atoms with E-state index in [1.54, 1.807) is 6.92 Å². The van der Waals surface area contributed by atoms with Gasteiger partial charge in [-0.2, -0.15) is 0 Å². The highest BCUT2D eigenvalue weighted by molar-refractivity contribution is 7.92. The van der Waals surface area contributed by atoms with Gasteiger partial charge in [0.05, 0.1) is 6.26 Å². The van der Waals surface area contributed by atoms with Gasteiger partial charge >= 0.3 is 0 Å². The van der Waals surface area contributed by atoms with Gasteiger partial charge in [-0.1, -0.05) is 30.3 Å². The van der Waals surface area contributed by atoms with Crippen LogP contribution >= 0.6 is 0 Å². The first-order valence-electron chi connectivity index (χ1n) is 7.60. The molecule has 1 aromatic heterocycles. The third-order valence-electron chi connectivity index (χ3n) is 3.49. The highest BCUT2D eigenvalue weighted by atomic mass is 32.2. The molecule has 0 radical (unpaired) electrons. The van der Waals surface area contributed by atoms with Crippen LogP contribution in [0.4, 0.5) is 11.5 Å². The number of nitrogens with one attached hydrogen (secondary N) is 1. The first kappa shape index (κ1) is 18.0. The van der Waals surface area contributed by atoms with Gasteiger partial charge in [0.1, 0.15) is 5.76 Å². The summed E-state index contributed by atoms with van der Waals surface area (Å²) >= 11 is 0. The Morgan fingerprint density at radius 3 is 2.62 bits per heavy atom. The summed E-state index contributed by atoms with van der Waals surface area (Å²) in [7, 11) is -3.56. The van der Waals surface area contributed by atoms with Crippen LogP contribution in [0.2, 0.25) is 0 Å².